The van der Waals surface area contributed by atoms with Crippen LogP contribution in [0.25, 0.3) is 11.8 Å². The summed E-state index contributed by atoms with van der Waals surface area (Å²) in [5.74, 6) is 0.263. The molecule has 0 bridgehead atoms. The van der Waals surface area contributed by atoms with Gasteiger partial charge in [0.05, 0.1) is 5.57 Å². The SMILES string of the molecule is CC(C)c1ccc(-n2cccc2C=C2C(=N)N3C=CSC3=NC2=O)cc1. The number of benzene rings is 1. The number of aromatic nitrogens is 1. The monoisotopic (exact) mass is 362 g/mol. The zero-order valence-electron chi connectivity index (χ0n) is 14.5. The highest BCUT2D eigenvalue weighted by molar-refractivity contribution is 8.16. The van der Waals surface area contributed by atoms with Gasteiger partial charge in [-0.05, 0) is 47.2 Å². The Labute approximate surface area is 156 Å². The number of nitrogens with zero attached hydrogens (tertiary/aromatic N) is 3. The number of amides is 1. The normalized spacial score (nSPS) is 18.0. The molecule has 6 heteroatoms. The molecule has 0 aliphatic carbocycles. The molecule has 130 valence electrons. The van der Waals surface area contributed by atoms with Gasteiger partial charge < -0.3 is 4.57 Å². The summed E-state index contributed by atoms with van der Waals surface area (Å²) >= 11 is 1.35. The summed E-state index contributed by atoms with van der Waals surface area (Å²) in [5, 5.41) is 10.7. The van der Waals surface area contributed by atoms with Crippen LogP contribution in [0.3, 0.4) is 0 Å². The van der Waals surface area contributed by atoms with Crippen LogP contribution in [-0.4, -0.2) is 26.4 Å². The van der Waals surface area contributed by atoms with E-state index < -0.39 is 0 Å². The highest BCUT2D eigenvalue weighted by atomic mass is 32.2. The topological polar surface area (TPSA) is 61.5 Å². The van der Waals surface area contributed by atoms with E-state index in [2.05, 4.69) is 43.1 Å². The Morgan fingerprint density at radius 1 is 1.19 bits per heavy atom. The van der Waals surface area contributed by atoms with Gasteiger partial charge in [0, 0.05) is 23.8 Å². The van der Waals surface area contributed by atoms with E-state index in [0.29, 0.717) is 16.7 Å². The first kappa shape index (κ1) is 16.6. The minimum absolute atomic E-state index is 0.157. The second-order valence-corrected chi connectivity index (χ2v) is 7.30. The van der Waals surface area contributed by atoms with E-state index >= 15 is 0 Å². The van der Waals surface area contributed by atoms with Crippen LogP contribution in [0.5, 0.6) is 0 Å². The quantitative estimate of drug-likeness (QED) is 0.825. The third-order valence-corrected chi connectivity index (χ3v) is 5.18. The summed E-state index contributed by atoms with van der Waals surface area (Å²) in [7, 11) is 0. The lowest BCUT2D eigenvalue weighted by atomic mass is 10.0. The highest BCUT2D eigenvalue weighted by Gasteiger charge is 2.31. The molecule has 0 atom stereocenters. The summed E-state index contributed by atoms with van der Waals surface area (Å²) in [6.07, 6.45) is 5.45. The molecule has 0 saturated heterocycles. The average Bonchev–Trinajstić information content (AvgIpc) is 3.27. The molecule has 26 heavy (non-hydrogen) atoms. The van der Waals surface area contributed by atoms with E-state index in [4.69, 9.17) is 5.41 Å². The lowest BCUT2D eigenvalue weighted by Gasteiger charge is -2.22. The molecule has 1 amide bonds. The number of carbonyl (C=O) groups excluding carboxylic acids is 1. The number of nitrogens with one attached hydrogen (secondary N) is 1. The van der Waals surface area contributed by atoms with E-state index in [0.717, 1.165) is 11.4 Å². The molecule has 3 heterocycles. The van der Waals surface area contributed by atoms with E-state index in [1.54, 1.807) is 17.2 Å². The van der Waals surface area contributed by atoms with Gasteiger partial charge in [0.1, 0.15) is 5.84 Å². The van der Waals surface area contributed by atoms with E-state index in [9.17, 15) is 4.79 Å². The molecule has 2 aromatic rings. The molecule has 1 aromatic carbocycles. The number of aliphatic imine (C=N–C) groups is 1. The van der Waals surface area contributed by atoms with Crippen LogP contribution in [0.1, 0.15) is 31.0 Å². The van der Waals surface area contributed by atoms with Crippen molar-refractivity contribution in [1.82, 2.24) is 9.47 Å². The highest BCUT2D eigenvalue weighted by Crippen LogP contribution is 2.28. The van der Waals surface area contributed by atoms with Crippen LogP contribution in [0.15, 0.2) is 64.8 Å². The van der Waals surface area contributed by atoms with Crippen molar-refractivity contribution in [3.05, 3.63) is 71.0 Å². The fourth-order valence-corrected chi connectivity index (χ4v) is 3.65. The number of hydrogen-bond acceptors (Lipinski definition) is 3. The standard InChI is InChI=1S/C20H18N4OS/c1-13(2)14-5-7-15(8-6-14)23-9-3-4-16(23)12-17-18(21)24-10-11-26-20(24)22-19(17)25/h3-13,21H,1-2H3. The molecular weight excluding hydrogens is 344 g/mol. The van der Waals surface area contributed by atoms with Gasteiger partial charge in [-0.1, -0.05) is 37.7 Å². The van der Waals surface area contributed by atoms with Gasteiger partial charge in [-0.15, -0.1) is 0 Å². The first-order valence-corrected chi connectivity index (χ1v) is 9.26. The fourth-order valence-electron chi connectivity index (χ4n) is 2.95. The van der Waals surface area contributed by atoms with Crippen LogP contribution >= 0.6 is 11.8 Å². The summed E-state index contributed by atoms with van der Waals surface area (Å²) in [6, 6.07) is 12.2. The second kappa shape index (κ2) is 6.46. The molecule has 0 unspecified atom stereocenters. The predicted octanol–water partition coefficient (Wildman–Crippen LogP) is 4.38. The van der Waals surface area contributed by atoms with Crippen molar-refractivity contribution < 1.29 is 4.79 Å². The summed E-state index contributed by atoms with van der Waals surface area (Å²) < 4.78 is 2.01. The molecule has 0 saturated carbocycles. The van der Waals surface area contributed by atoms with Crippen molar-refractivity contribution in [2.45, 2.75) is 19.8 Å². The van der Waals surface area contributed by atoms with Gasteiger partial charge in [-0.25, -0.2) is 0 Å². The number of fused-ring (bicyclic) bond motifs is 1. The number of carbonyl (C=O) groups is 1. The van der Waals surface area contributed by atoms with Gasteiger partial charge in [-0.2, -0.15) is 4.99 Å². The zero-order valence-corrected chi connectivity index (χ0v) is 15.3. The van der Waals surface area contributed by atoms with Crippen molar-refractivity contribution in [2.24, 2.45) is 4.99 Å². The first-order chi connectivity index (χ1) is 12.5. The van der Waals surface area contributed by atoms with Crippen molar-refractivity contribution in [1.29, 1.82) is 5.41 Å². The Balaban J connectivity index is 1.71. The largest absolute Gasteiger partial charge is 0.317 e. The van der Waals surface area contributed by atoms with Crippen LogP contribution < -0.4 is 0 Å². The number of hydrogen-bond donors (Lipinski definition) is 1. The van der Waals surface area contributed by atoms with Crippen molar-refractivity contribution >= 4 is 34.7 Å². The van der Waals surface area contributed by atoms with Crippen LogP contribution in [0.2, 0.25) is 0 Å². The van der Waals surface area contributed by atoms with E-state index in [-0.39, 0.29) is 11.7 Å². The number of rotatable bonds is 3. The van der Waals surface area contributed by atoms with Crippen molar-refractivity contribution in [3.63, 3.8) is 0 Å². The summed E-state index contributed by atoms with van der Waals surface area (Å²) in [6.45, 7) is 4.33. The van der Waals surface area contributed by atoms with Gasteiger partial charge in [0.15, 0.2) is 5.17 Å². The Hall–Kier alpha value is -2.86. The molecule has 2 aliphatic heterocycles. The Morgan fingerprint density at radius 2 is 1.96 bits per heavy atom. The van der Waals surface area contributed by atoms with Crippen molar-refractivity contribution in [3.8, 4) is 5.69 Å². The fraction of sp³-hybridized carbons (Fsp3) is 0.150. The molecule has 4 rings (SSSR count). The summed E-state index contributed by atoms with van der Waals surface area (Å²) in [5.41, 5.74) is 3.43. The Bertz CT molecular complexity index is 979. The van der Waals surface area contributed by atoms with E-state index in [1.165, 1.54) is 17.3 Å². The third-order valence-electron chi connectivity index (χ3n) is 4.42. The lowest BCUT2D eigenvalue weighted by Crippen LogP contribution is -2.35. The molecule has 2 aliphatic rings. The summed E-state index contributed by atoms with van der Waals surface area (Å²) in [4.78, 5) is 18.1. The smallest absolute Gasteiger partial charge is 0.283 e. The van der Waals surface area contributed by atoms with Crippen LogP contribution in [0.4, 0.5) is 0 Å². The third kappa shape index (κ3) is 2.82. The maximum Gasteiger partial charge on any atom is 0.283 e. The molecule has 5 nitrogen and oxygen atoms in total. The van der Waals surface area contributed by atoms with Crippen LogP contribution in [-0.2, 0) is 4.79 Å². The van der Waals surface area contributed by atoms with E-state index in [1.807, 2.05) is 28.3 Å². The molecule has 1 aromatic heterocycles. The predicted molar refractivity (Wildman–Crippen MR) is 107 cm³/mol. The lowest BCUT2D eigenvalue weighted by molar-refractivity contribution is -0.114. The van der Waals surface area contributed by atoms with Gasteiger partial charge in [0.2, 0.25) is 0 Å². The molecule has 0 spiro atoms. The molecule has 0 radical (unpaired) electrons. The second-order valence-electron chi connectivity index (χ2n) is 6.43. The van der Waals surface area contributed by atoms with Crippen molar-refractivity contribution in [2.75, 3.05) is 0 Å². The molecule has 0 fully saturated rings. The minimum atomic E-state index is -0.375. The molecule has 1 N–H and O–H groups in total. The maximum atomic E-state index is 12.4. The zero-order chi connectivity index (χ0) is 18.3. The average molecular weight is 362 g/mol. The molecular formula is C20H18N4OS. The van der Waals surface area contributed by atoms with Gasteiger partial charge in [0.25, 0.3) is 5.91 Å². The van der Waals surface area contributed by atoms with Gasteiger partial charge in [-0.3, -0.25) is 15.1 Å². The van der Waals surface area contributed by atoms with Crippen LogP contribution in [0, 0.1) is 5.41 Å². The van der Waals surface area contributed by atoms with Gasteiger partial charge >= 0.3 is 0 Å². The Morgan fingerprint density at radius 3 is 2.69 bits per heavy atom. The number of thioether (sulfide) groups is 1. The Kier molecular flexibility index (Phi) is 4.12. The first-order valence-electron chi connectivity index (χ1n) is 8.38. The maximum absolute atomic E-state index is 12.4. The number of amidine groups is 2. The minimum Gasteiger partial charge on any atom is -0.317 e.